The summed E-state index contributed by atoms with van der Waals surface area (Å²) in [5, 5.41) is 1.63. The number of rotatable bonds is 4. The molecule has 0 fully saturated rings. The molecular formula is C14H15NO4S2. The van der Waals surface area contributed by atoms with Gasteiger partial charge in [0, 0.05) is 0 Å². The number of aryl methyl sites for hydroxylation is 2. The minimum Gasteiger partial charge on any atom is -0.465 e. The Labute approximate surface area is 127 Å². The summed E-state index contributed by atoms with van der Waals surface area (Å²) in [5.41, 5.74) is 1.72. The number of thiophene rings is 1. The fourth-order valence-electron chi connectivity index (χ4n) is 1.84. The van der Waals surface area contributed by atoms with E-state index in [1.54, 1.807) is 30.5 Å². The van der Waals surface area contributed by atoms with Gasteiger partial charge >= 0.3 is 5.97 Å². The van der Waals surface area contributed by atoms with Gasteiger partial charge in [0.15, 0.2) is 0 Å². The number of carbonyl (C=O) groups is 1. The smallest absolute Gasteiger partial charge is 0.350 e. The monoisotopic (exact) mass is 325 g/mol. The Morgan fingerprint density at radius 3 is 2.62 bits per heavy atom. The van der Waals surface area contributed by atoms with E-state index in [0.717, 1.165) is 16.9 Å². The first-order valence-corrected chi connectivity index (χ1v) is 8.47. The van der Waals surface area contributed by atoms with E-state index < -0.39 is 16.0 Å². The number of benzene rings is 1. The zero-order chi connectivity index (χ0) is 15.6. The standard InChI is InChI=1S/C14H15NO4S2/c1-9-4-5-10(2)12(8-9)21(17,18)15-11-6-7-20-13(11)14(16)19-3/h4-8,15H,1-3H3. The third kappa shape index (κ3) is 3.25. The number of sulfonamides is 1. The van der Waals surface area contributed by atoms with Gasteiger partial charge in [-0.05, 0) is 42.5 Å². The summed E-state index contributed by atoms with van der Waals surface area (Å²) in [6, 6.07) is 6.74. The molecule has 0 amide bonds. The maximum atomic E-state index is 12.5. The largest absolute Gasteiger partial charge is 0.465 e. The highest BCUT2D eigenvalue weighted by Gasteiger charge is 2.21. The lowest BCUT2D eigenvalue weighted by Gasteiger charge is -2.11. The second kappa shape index (κ2) is 5.87. The molecule has 1 N–H and O–H groups in total. The molecule has 0 saturated heterocycles. The molecule has 0 saturated carbocycles. The van der Waals surface area contributed by atoms with Crippen molar-refractivity contribution in [1.82, 2.24) is 0 Å². The Kier molecular flexibility index (Phi) is 4.34. The van der Waals surface area contributed by atoms with Gasteiger partial charge in [-0.3, -0.25) is 4.72 Å². The zero-order valence-electron chi connectivity index (χ0n) is 11.8. The molecule has 0 atom stereocenters. The van der Waals surface area contributed by atoms with Crippen LogP contribution in [-0.4, -0.2) is 21.5 Å². The van der Waals surface area contributed by atoms with E-state index in [-0.39, 0.29) is 15.5 Å². The molecule has 21 heavy (non-hydrogen) atoms. The Bertz CT molecular complexity index is 778. The van der Waals surface area contributed by atoms with Crippen molar-refractivity contribution in [1.29, 1.82) is 0 Å². The molecule has 2 rings (SSSR count). The van der Waals surface area contributed by atoms with Crippen molar-refractivity contribution >= 4 is 33.0 Å². The summed E-state index contributed by atoms with van der Waals surface area (Å²) < 4.78 is 32.0. The van der Waals surface area contributed by atoms with Gasteiger partial charge in [0.2, 0.25) is 0 Å². The van der Waals surface area contributed by atoms with Crippen molar-refractivity contribution in [3.63, 3.8) is 0 Å². The molecule has 0 aliphatic heterocycles. The van der Waals surface area contributed by atoms with Gasteiger partial charge in [-0.15, -0.1) is 11.3 Å². The van der Waals surface area contributed by atoms with Crippen molar-refractivity contribution in [2.24, 2.45) is 0 Å². The maximum Gasteiger partial charge on any atom is 0.350 e. The number of methoxy groups -OCH3 is 1. The molecule has 1 aromatic heterocycles. The van der Waals surface area contributed by atoms with Crippen LogP contribution in [0, 0.1) is 13.8 Å². The average molecular weight is 325 g/mol. The second-order valence-electron chi connectivity index (χ2n) is 4.53. The van der Waals surface area contributed by atoms with Gasteiger partial charge in [-0.1, -0.05) is 12.1 Å². The fourth-order valence-corrected chi connectivity index (χ4v) is 4.07. The molecule has 1 aromatic carbocycles. The number of carbonyl (C=O) groups excluding carboxylic acids is 1. The van der Waals surface area contributed by atoms with Gasteiger partial charge in [0.05, 0.1) is 17.7 Å². The average Bonchev–Trinajstić information content (AvgIpc) is 2.87. The van der Waals surface area contributed by atoms with Crippen LogP contribution in [-0.2, 0) is 14.8 Å². The predicted octanol–water partition coefficient (Wildman–Crippen LogP) is 2.95. The van der Waals surface area contributed by atoms with Crippen molar-refractivity contribution in [2.75, 3.05) is 11.8 Å². The first-order chi connectivity index (χ1) is 9.85. The molecule has 112 valence electrons. The van der Waals surface area contributed by atoms with Gasteiger partial charge in [-0.25, -0.2) is 13.2 Å². The molecular weight excluding hydrogens is 310 g/mol. The van der Waals surface area contributed by atoms with E-state index in [2.05, 4.69) is 9.46 Å². The van der Waals surface area contributed by atoms with E-state index in [4.69, 9.17) is 0 Å². The van der Waals surface area contributed by atoms with Crippen LogP contribution in [0.1, 0.15) is 20.8 Å². The normalized spacial score (nSPS) is 11.2. The molecule has 0 unspecified atom stereocenters. The van der Waals surface area contributed by atoms with Gasteiger partial charge in [0.1, 0.15) is 4.88 Å². The summed E-state index contributed by atoms with van der Waals surface area (Å²) in [6.45, 7) is 3.55. The third-order valence-electron chi connectivity index (χ3n) is 2.91. The first kappa shape index (κ1) is 15.5. The van der Waals surface area contributed by atoms with Crippen molar-refractivity contribution in [3.8, 4) is 0 Å². The van der Waals surface area contributed by atoms with Gasteiger partial charge < -0.3 is 4.74 Å². The number of anilines is 1. The molecule has 0 bridgehead atoms. The van der Waals surface area contributed by atoms with Crippen LogP contribution in [0.3, 0.4) is 0 Å². The Hall–Kier alpha value is -1.86. The molecule has 0 radical (unpaired) electrons. The quantitative estimate of drug-likeness (QED) is 0.877. The van der Waals surface area contributed by atoms with Gasteiger partial charge in [0.25, 0.3) is 10.0 Å². The first-order valence-electron chi connectivity index (χ1n) is 6.11. The van der Waals surface area contributed by atoms with Crippen LogP contribution >= 0.6 is 11.3 Å². The van der Waals surface area contributed by atoms with Gasteiger partial charge in [-0.2, -0.15) is 0 Å². The number of esters is 1. The molecule has 2 aromatic rings. The molecule has 0 spiro atoms. The number of ether oxygens (including phenoxy) is 1. The number of nitrogens with one attached hydrogen (secondary N) is 1. The zero-order valence-corrected chi connectivity index (χ0v) is 13.5. The van der Waals surface area contributed by atoms with Crippen molar-refractivity contribution in [2.45, 2.75) is 18.7 Å². The highest BCUT2D eigenvalue weighted by Crippen LogP contribution is 2.27. The summed E-state index contributed by atoms with van der Waals surface area (Å²) >= 11 is 1.12. The Morgan fingerprint density at radius 2 is 1.95 bits per heavy atom. The van der Waals surface area contributed by atoms with Crippen LogP contribution in [0.25, 0.3) is 0 Å². The van der Waals surface area contributed by atoms with Crippen molar-refractivity contribution < 1.29 is 17.9 Å². The molecule has 0 aliphatic carbocycles. The van der Waals surface area contributed by atoms with Crippen molar-refractivity contribution in [3.05, 3.63) is 45.6 Å². The van der Waals surface area contributed by atoms with E-state index in [1.807, 2.05) is 13.0 Å². The third-order valence-corrected chi connectivity index (χ3v) is 5.32. The molecule has 5 nitrogen and oxygen atoms in total. The van der Waals surface area contributed by atoms with E-state index in [9.17, 15) is 13.2 Å². The minimum absolute atomic E-state index is 0.199. The highest BCUT2D eigenvalue weighted by atomic mass is 32.2. The van der Waals surface area contributed by atoms with Crippen LogP contribution in [0.15, 0.2) is 34.5 Å². The van der Waals surface area contributed by atoms with Crippen LogP contribution in [0.4, 0.5) is 5.69 Å². The Balaban J connectivity index is 2.41. The van der Waals surface area contributed by atoms with Crippen LogP contribution in [0.2, 0.25) is 0 Å². The van der Waals surface area contributed by atoms with E-state index in [1.165, 1.54) is 7.11 Å². The SMILES string of the molecule is COC(=O)c1sccc1NS(=O)(=O)c1cc(C)ccc1C. The predicted molar refractivity (Wildman–Crippen MR) is 82.4 cm³/mol. The molecule has 7 heteroatoms. The fraction of sp³-hybridized carbons (Fsp3) is 0.214. The Morgan fingerprint density at radius 1 is 1.24 bits per heavy atom. The lowest BCUT2D eigenvalue weighted by Crippen LogP contribution is -2.16. The van der Waals surface area contributed by atoms with E-state index >= 15 is 0 Å². The second-order valence-corrected chi connectivity index (χ2v) is 7.10. The van der Waals surface area contributed by atoms with Crippen LogP contribution in [0.5, 0.6) is 0 Å². The maximum absolute atomic E-state index is 12.5. The molecule has 0 aliphatic rings. The summed E-state index contributed by atoms with van der Waals surface area (Å²) in [6.07, 6.45) is 0. The lowest BCUT2D eigenvalue weighted by atomic mass is 10.2. The summed E-state index contributed by atoms with van der Waals surface area (Å²) in [4.78, 5) is 12.0. The summed E-state index contributed by atoms with van der Waals surface area (Å²) in [7, 11) is -2.50. The van der Waals surface area contributed by atoms with Crippen LogP contribution < -0.4 is 4.72 Å². The minimum atomic E-state index is -3.75. The lowest BCUT2D eigenvalue weighted by molar-refractivity contribution is 0.0607. The summed E-state index contributed by atoms with van der Waals surface area (Å²) in [5.74, 6) is -0.566. The topological polar surface area (TPSA) is 72.5 Å². The van der Waals surface area contributed by atoms with E-state index in [0.29, 0.717) is 5.56 Å². The number of hydrogen-bond acceptors (Lipinski definition) is 5. The highest BCUT2D eigenvalue weighted by molar-refractivity contribution is 7.92. The molecule has 1 heterocycles. The number of hydrogen-bond donors (Lipinski definition) is 1.